The number of hydrogen-bond acceptors (Lipinski definition) is 1. The van der Waals surface area contributed by atoms with Gasteiger partial charge in [0.2, 0.25) is 0 Å². The second-order valence-corrected chi connectivity index (χ2v) is 3.77. The van der Waals surface area contributed by atoms with Crippen LogP contribution in [0.2, 0.25) is 0 Å². The molecule has 0 aliphatic rings. The molecule has 0 spiro atoms. The highest BCUT2D eigenvalue weighted by molar-refractivity contribution is 7.07. The van der Waals surface area contributed by atoms with Gasteiger partial charge >= 0.3 is 0 Å². The van der Waals surface area contributed by atoms with Crippen LogP contribution >= 0.6 is 11.3 Å². The molecule has 0 fully saturated rings. The van der Waals surface area contributed by atoms with Crippen LogP contribution in [-0.2, 0) is 12.8 Å². The zero-order valence-corrected chi connectivity index (χ0v) is 8.18. The maximum atomic E-state index is 3.11. The molecular formula is C12H11S. The standard InChI is InChI=1S/C12H11S/c1-2-4-11(5-3-1)6-7-12-8-9-13-10-12/h1-5,8,10H,6-7H2. The summed E-state index contributed by atoms with van der Waals surface area (Å²) in [5.41, 5.74) is 2.81. The molecule has 13 heavy (non-hydrogen) atoms. The maximum absolute atomic E-state index is 3.11. The normalized spacial score (nSPS) is 10.2. The largest absolute Gasteiger partial charge is 0.143 e. The predicted octanol–water partition coefficient (Wildman–Crippen LogP) is 3.33. The number of hydrogen-bond donors (Lipinski definition) is 0. The van der Waals surface area contributed by atoms with Crippen molar-refractivity contribution in [1.82, 2.24) is 0 Å². The van der Waals surface area contributed by atoms with Crippen molar-refractivity contribution in [2.24, 2.45) is 0 Å². The Labute approximate surface area is 82.9 Å². The van der Waals surface area contributed by atoms with Gasteiger partial charge in [-0.3, -0.25) is 0 Å². The van der Waals surface area contributed by atoms with Gasteiger partial charge in [-0.15, -0.1) is 11.3 Å². The Morgan fingerprint density at radius 2 is 1.77 bits per heavy atom. The Morgan fingerprint density at radius 1 is 1.00 bits per heavy atom. The van der Waals surface area contributed by atoms with Crippen LogP contribution in [-0.4, -0.2) is 0 Å². The van der Waals surface area contributed by atoms with Crippen molar-refractivity contribution in [1.29, 1.82) is 0 Å². The Bertz CT molecular complexity index is 335. The van der Waals surface area contributed by atoms with E-state index in [2.05, 4.69) is 47.2 Å². The fourth-order valence-electron chi connectivity index (χ4n) is 1.32. The summed E-state index contributed by atoms with van der Waals surface area (Å²) in [6, 6.07) is 12.7. The summed E-state index contributed by atoms with van der Waals surface area (Å²) in [5, 5.41) is 5.28. The summed E-state index contributed by atoms with van der Waals surface area (Å²) in [6.07, 6.45) is 2.26. The minimum Gasteiger partial charge on any atom is -0.143 e. The van der Waals surface area contributed by atoms with Gasteiger partial charge in [0.25, 0.3) is 0 Å². The average Bonchev–Trinajstić information content (AvgIpc) is 2.69. The third kappa shape index (κ3) is 2.43. The zero-order chi connectivity index (χ0) is 8.93. The van der Waals surface area contributed by atoms with Crippen molar-refractivity contribution in [3.05, 3.63) is 58.3 Å². The molecular weight excluding hydrogens is 176 g/mol. The first kappa shape index (κ1) is 8.52. The van der Waals surface area contributed by atoms with E-state index in [1.807, 2.05) is 0 Å². The Hall–Kier alpha value is -1.08. The van der Waals surface area contributed by atoms with Crippen molar-refractivity contribution < 1.29 is 0 Å². The summed E-state index contributed by atoms with van der Waals surface area (Å²) in [5.74, 6) is 0. The molecule has 1 heterocycles. The number of benzene rings is 1. The van der Waals surface area contributed by atoms with E-state index in [-0.39, 0.29) is 0 Å². The van der Waals surface area contributed by atoms with Crippen molar-refractivity contribution in [3.63, 3.8) is 0 Å². The quantitative estimate of drug-likeness (QED) is 0.691. The van der Waals surface area contributed by atoms with E-state index in [4.69, 9.17) is 0 Å². The number of thiophene rings is 1. The summed E-state index contributed by atoms with van der Waals surface area (Å²) in [7, 11) is 0. The first-order valence-corrected chi connectivity index (χ1v) is 5.30. The number of rotatable bonds is 3. The van der Waals surface area contributed by atoms with Crippen LogP contribution in [0.4, 0.5) is 0 Å². The Balaban J connectivity index is 1.94. The lowest BCUT2D eigenvalue weighted by atomic mass is 10.1. The molecule has 0 saturated carbocycles. The first-order chi connectivity index (χ1) is 6.45. The zero-order valence-electron chi connectivity index (χ0n) is 7.36. The van der Waals surface area contributed by atoms with Crippen LogP contribution in [0.5, 0.6) is 0 Å². The fraction of sp³-hybridized carbons (Fsp3) is 0.167. The fourth-order valence-corrected chi connectivity index (χ4v) is 1.94. The summed E-state index contributed by atoms with van der Waals surface area (Å²) >= 11 is 1.65. The van der Waals surface area contributed by atoms with E-state index < -0.39 is 0 Å². The molecule has 2 rings (SSSR count). The van der Waals surface area contributed by atoms with E-state index in [0.717, 1.165) is 12.8 Å². The molecule has 0 amide bonds. The van der Waals surface area contributed by atoms with E-state index >= 15 is 0 Å². The van der Waals surface area contributed by atoms with Crippen LogP contribution in [0.15, 0.2) is 41.8 Å². The van der Waals surface area contributed by atoms with E-state index in [9.17, 15) is 0 Å². The molecule has 0 aliphatic carbocycles. The lowest BCUT2D eigenvalue weighted by Gasteiger charge is -1.98. The third-order valence-corrected chi connectivity index (χ3v) is 2.74. The lowest BCUT2D eigenvalue weighted by Crippen LogP contribution is -1.88. The topological polar surface area (TPSA) is 0 Å². The highest BCUT2D eigenvalue weighted by atomic mass is 32.1. The molecule has 0 atom stereocenters. The van der Waals surface area contributed by atoms with Gasteiger partial charge in [0.1, 0.15) is 0 Å². The first-order valence-electron chi connectivity index (χ1n) is 4.42. The maximum Gasteiger partial charge on any atom is 0.0445 e. The molecule has 0 bridgehead atoms. The van der Waals surface area contributed by atoms with Crippen molar-refractivity contribution in [3.8, 4) is 0 Å². The average molecular weight is 187 g/mol. The van der Waals surface area contributed by atoms with Crippen LogP contribution in [0.25, 0.3) is 0 Å². The molecule has 1 radical (unpaired) electrons. The van der Waals surface area contributed by atoms with Crippen LogP contribution in [0.1, 0.15) is 11.1 Å². The van der Waals surface area contributed by atoms with E-state index in [1.54, 1.807) is 11.3 Å². The highest BCUT2D eigenvalue weighted by Crippen LogP contribution is 2.09. The van der Waals surface area contributed by atoms with Gasteiger partial charge in [-0.05, 0) is 35.4 Å². The van der Waals surface area contributed by atoms with E-state index in [0.29, 0.717) is 0 Å². The number of aryl methyl sites for hydroxylation is 2. The smallest absolute Gasteiger partial charge is 0.0445 e. The molecule has 0 nitrogen and oxygen atoms in total. The Morgan fingerprint density at radius 3 is 2.46 bits per heavy atom. The third-order valence-electron chi connectivity index (χ3n) is 2.07. The van der Waals surface area contributed by atoms with E-state index in [1.165, 1.54) is 11.1 Å². The SMILES string of the molecule is [c]1cc(CCc2ccccc2)cs1. The second-order valence-electron chi connectivity index (χ2n) is 3.06. The molecule has 0 saturated heterocycles. The molecule has 1 aromatic heterocycles. The molecule has 0 aliphatic heterocycles. The van der Waals surface area contributed by atoms with Crippen LogP contribution < -0.4 is 0 Å². The molecule has 2 aromatic rings. The minimum atomic E-state index is 1.13. The van der Waals surface area contributed by atoms with Crippen LogP contribution in [0.3, 0.4) is 0 Å². The summed E-state index contributed by atoms with van der Waals surface area (Å²) < 4.78 is 0. The summed E-state index contributed by atoms with van der Waals surface area (Å²) in [4.78, 5) is 0. The van der Waals surface area contributed by atoms with Gasteiger partial charge in [0, 0.05) is 5.38 Å². The van der Waals surface area contributed by atoms with Gasteiger partial charge < -0.3 is 0 Å². The van der Waals surface area contributed by atoms with Crippen molar-refractivity contribution in [2.75, 3.05) is 0 Å². The van der Waals surface area contributed by atoms with Crippen molar-refractivity contribution in [2.45, 2.75) is 12.8 Å². The molecule has 0 N–H and O–H groups in total. The van der Waals surface area contributed by atoms with Gasteiger partial charge in [-0.2, -0.15) is 0 Å². The molecule has 65 valence electrons. The van der Waals surface area contributed by atoms with Gasteiger partial charge in [0.15, 0.2) is 0 Å². The molecule has 1 aromatic carbocycles. The summed E-state index contributed by atoms with van der Waals surface area (Å²) in [6.45, 7) is 0. The minimum absolute atomic E-state index is 1.13. The van der Waals surface area contributed by atoms with Gasteiger partial charge in [-0.25, -0.2) is 0 Å². The van der Waals surface area contributed by atoms with Crippen molar-refractivity contribution >= 4 is 11.3 Å². The van der Waals surface area contributed by atoms with Gasteiger partial charge in [-0.1, -0.05) is 30.3 Å². The lowest BCUT2D eigenvalue weighted by molar-refractivity contribution is 0.966. The highest BCUT2D eigenvalue weighted by Gasteiger charge is 1.94. The molecule has 0 unspecified atom stereocenters. The van der Waals surface area contributed by atoms with Crippen LogP contribution in [0, 0.1) is 5.38 Å². The molecule has 1 heteroatoms. The predicted molar refractivity (Wildman–Crippen MR) is 57.0 cm³/mol. The van der Waals surface area contributed by atoms with Gasteiger partial charge in [0.05, 0.1) is 0 Å². The monoisotopic (exact) mass is 187 g/mol. The second kappa shape index (κ2) is 4.24. The Kier molecular flexibility index (Phi) is 2.78.